The first-order valence-corrected chi connectivity index (χ1v) is 5.66. The Balaban J connectivity index is 2.24. The first-order chi connectivity index (χ1) is 9.16. The van der Waals surface area contributed by atoms with E-state index in [0.29, 0.717) is 5.69 Å². The highest BCUT2D eigenvalue weighted by Gasteiger charge is 2.10. The van der Waals surface area contributed by atoms with Crippen LogP contribution in [0.25, 0.3) is 16.6 Å². The van der Waals surface area contributed by atoms with Crippen LogP contribution in [-0.4, -0.2) is 20.7 Å². The molecule has 0 fully saturated rings. The summed E-state index contributed by atoms with van der Waals surface area (Å²) in [4.78, 5) is 15.4. The van der Waals surface area contributed by atoms with E-state index in [9.17, 15) is 4.79 Å². The fraction of sp³-hybridized carbons (Fsp3) is 0. The van der Waals surface area contributed by atoms with Crippen molar-refractivity contribution in [3.05, 3.63) is 48.4 Å². The summed E-state index contributed by atoms with van der Waals surface area (Å²) in [6.45, 7) is 0. The average Bonchev–Trinajstić information content (AvgIpc) is 2.89. The third-order valence-electron chi connectivity index (χ3n) is 2.87. The van der Waals surface area contributed by atoms with E-state index in [0.717, 1.165) is 16.6 Å². The van der Waals surface area contributed by atoms with Crippen molar-refractivity contribution in [2.45, 2.75) is 0 Å². The van der Waals surface area contributed by atoms with E-state index in [1.165, 1.54) is 0 Å². The number of amides is 1. The molecule has 0 spiro atoms. The van der Waals surface area contributed by atoms with Gasteiger partial charge in [-0.15, -0.1) is 0 Å². The zero-order chi connectivity index (χ0) is 13.4. The fourth-order valence-corrected chi connectivity index (χ4v) is 1.95. The van der Waals surface area contributed by atoms with Crippen molar-refractivity contribution in [1.82, 2.24) is 14.8 Å². The third-order valence-corrected chi connectivity index (χ3v) is 2.87. The molecule has 1 aromatic carbocycles. The predicted molar refractivity (Wildman–Crippen MR) is 71.8 cm³/mol. The highest BCUT2D eigenvalue weighted by molar-refractivity contribution is 5.95. The van der Waals surface area contributed by atoms with Crippen molar-refractivity contribution >= 4 is 22.5 Å². The summed E-state index contributed by atoms with van der Waals surface area (Å²) in [5.74, 6) is -0.563. The number of carbonyl (C=O) groups is 1. The third kappa shape index (κ3) is 1.79. The van der Waals surface area contributed by atoms with Gasteiger partial charge in [0, 0.05) is 23.5 Å². The van der Waals surface area contributed by atoms with Crippen LogP contribution in [0, 0.1) is 0 Å². The topological polar surface area (TPSA) is 99.8 Å². The number of aromatic nitrogens is 3. The minimum absolute atomic E-state index is 0.209. The lowest BCUT2D eigenvalue weighted by Crippen LogP contribution is -2.12. The van der Waals surface area contributed by atoms with Gasteiger partial charge in [0.05, 0.1) is 11.2 Å². The quantitative estimate of drug-likeness (QED) is 0.668. The SMILES string of the molecule is NC(=O)c1ccn(-c2ccc(N)c3cccnc23)n1. The molecule has 0 aliphatic rings. The van der Waals surface area contributed by atoms with Crippen LogP contribution in [0.15, 0.2) is 42.7 Å². The number of pyridine rings is 1. The van der Waals surface area contributed by atoms with Crippen LogP contribution in [-0.2, 0) is 0 Å². The molecular formula is C13H11N5O. The van der Waals surface area contributed by atoms with Crippen LogP contribution in [0.4, 0.5) is 5.69 Å². The average molecular weight is 253 g/mol. The van der Waals surface area contributed by atoms with Crippen LogP contribution in [0.2, 0.25) is 0 Å². The molecule has 6 nitrogen and oxygen atoms in total. The number of nitrogens with zero attached hydrogens (tertiary/aromatic N) is 3. The van der Waals surface area contributed by atoms with Crippen LogP contribution < -0.4 is 11.5 Å². The van der Waals surface area contributed by atoms with Crippen molar-refractivity contribution in [1.29, 1.82) is 0 Å². The molecule has 4 N–H and O–H groups in total. The summed E-state index contributed by atoms with van der Waals surface area (Å²) in [6, 6.07) is 8.86. The lowest BCUT2D eigenvalue weighted by Gasteiger charge is -2.07. The maximum Gasteiger partial charge on any atom is 0.269 e. The largest absolute Gasteiger partial charge is 0.398 e. The van der Waals surface area contributed by atoms with Gasteiger partial charge >= 0.3 is 0 Å². The first-order valence-electron chi connectivity index (χ1n) is 5.66. The minimum atomic E-state index is -0.563. The molecule has 0 aliphatic heterocycles. The number of anilines is 1. The van der Waals surface area contributed by atoms with E-state index in [1.54, 1.807) is 29.2 Å². The summed E-state index contributed by atoms with van der Waals surface area (Å²) in [6.07, 6.45) is 3.35. The Morgan fingerprint density at radius 3 is 2.79 bits per heavy atom. The Bertz CT molecular complexity index is 778. The second-order valence-electron chi connectivity index (χ2n) is 4.08. The highest BCUT2D eigenvalue weighted by Crippen LogP contribution is 2.24. The summed E-state index contributed by atoms with van der Waals surface area (Å²) >= 11 is 0. The Kier molecular flexibility index (Phi) is 2.42. The monoisotopic (exact) mass is 253 g/mol. The number of fused-ring (bicyclic) bond motifs is 1. The van der Waals surface area contributed by atoms with Gasteiger partial charge in [-0.2, -0.15) is 5.10 Å². The number of nitrogen functional groups attached to an aromatic ring is 1. The standard InChI is InChI=1S/C13H11N5O/c14-9-3-4-11(12-8(9)2-1-6-16-12)18-7-5-10(17-18)13(15)19/h1-7H,14H2,(H2,15,19). The van der Waals surface area contributed by atoms with Gasteiger partial charge in [-0.1, -0.05) is 0 Å². The van der Waals surface area contributed by atoms with Gasteiger partial charge in [-0.3, -0.25) is 9.78 Å². The van der Waals surface area contributed by atoms with Crippen molar-refractivity contribution in [3.8, 4) is 5.69 Å². The molecule has 1 amide bonds. The zero-order valence-corrected chi connectivity index (χ0v) is 9.95. The molecule has 3 aromatic rings. The molecule has 0 bridgehead atoms. The van der Waals surface area contributed by atoms with Crippen LogP contribution in [0.1, 0.15) is 10.5 Å². The Morgan fingerprint density at radius 2 is 2.05 bits per heavy atom. The zero-order valence-electron chi connectivity index (χ0n) is 9.95. The van der Waals surface area contributed by atoms with Crippen molar-refractivity contribution < 1.29 is 4.79 Å². The van der Waals surface area contributed by atoms with E-state index >= 15 is 0 Å². The summed E-state index contributed by atoms with van der Waals surface area (Å²) in [7, 11) is 0. The molecule has 3 rings (SSSR count). The van der Waals surface area contributed by atoms with Crippen LogP contribution in [0.3, 0.4) is 0 Å². The second-order valence-corrected chi connectivity index (χ2v) is 4.08. The maximum absolute atomic E-state index is 11.1. The Morgan fingerprint density at radius 1 is 1.21 bits per heavy atom. The summed E-state index contributed by atoms with van der Waals surface area (Å²) in [5, 5.41) is 4.96. The number of primary amides is 1. The van der Waals surface area contributed by atoms with Crippen molar-refractivity contribution in [2.24, 2.45) is 5.73 Å². The molecule has 0 saturated carbocycles. The van der Waals surface area contributed by atoms with Gasteiger partial charge in [0.1, 0.15) is 5.69 Å². The second kappa shape index (κ2) is 4.09. The Hall–Kier alpha value is -2.89. The van der Waals surface area contributed by atoms with E-state index in [-0.39, 0.29) is 5.69 Å². The lowest BCUT2D eigenvalue weighted by molar-refractivity contribution is 0.0995. The van der Waals surface area contributed by atoms with Crippen LogP contribution in [0.5, 0.6) is 0 Å². The molecule has 0 unspecified atom stereocenters. The summed E-state index contributed by atoms with van der Waals surface area (Å²) < 4.78 is 1.56. The number of rotatable bonds is 2. The van der Waals surface area contributed by atoms with Gasteiger partial charge in [-0.25, -0.2) is 4.68 Å². The molecule has 0 radical (unpaired) electrons. The molecule has 6 heteroatoms. The summed E-state index contributed by atoms with van der Waals surface area (Å²) in [5.41, 5.74) is 13.4. The van der Waals surface area contributed by atoms with Gasteiger partial charge in [0.15, 0.2) is 0 Å². The van der Waals surface area contributed by atoms with Gasteiger partial charge in [0.2, 0.25) is 0 Å². The van der Waals surface area contributed by atoms with E-state index in [1.807, 2.05) is 18.2 Å². The molecule has 2 heterocycles. The number of hydrogen-bond donors (Lipinski definition) is 2. The fourth-order valence-electron chi connectivity index (χ4n) is 1.95. The normalized spacial score (nSPS) is 10.7. The molecule has 94 valence electrons. The number of carbonyl (C=O) groups excluding carboxylic acids is 1. The molecule has 0 saturated heterocycles. The van der Waals surface area contributed by atoms with E-state index in [2.05, 4.69) is 10.1 Å². The van der Waals surface area contributed by atoms with Gasteiger partial charge < -0.3 is 11.5 Å². The number of benzene rings is 1. The highest BCUT2D eigenvalue weighted by atomic mass is 16.1. The Labute approximate surface area is 108 Å². The van der Waals surface area contributed by atoms with Crippen molar-refractivity contribution in [3.63, 3.8) is 0 Å². The maximum atomic E-state index is 11.1. The molecular weight excluding hydrogens is 242 g/mol. The predicted octanol–water partition coefficient (Wildman–Crippen LogP) is 1.10. The minimum Gasteiger partial charge on any atom is -0.398 e. The molecule has 0 aliphatic carbocycles. The van der Waals surface area contributed by atoms with Crippen LogP contribution >= 0.6 is 0 Å². The lowest BCUT2D eigenvalue weighted by atomic mass is 10.1. The smallest absolute Gasteiger partial charge is 0.269 e. The van der Waals surface area contributed by atoms with E-state index in [4.69, 9.17) is 11.5 Å². The van der Waals surface area contributed by atoms with Gasteiger partial charge in [-0.05, 0) is 30.3 Å². The molecule has 0 atom stereocenters. The first kappa shape index (κ1) is 11.2. The number of hydrogen-bond acceptors (Lipinski definition) is 4. The molecule has 2 aromatic heterocycles. The number of nitrogens with two attached hydrogens (primary N) is 2. The molecule has 19 heavy (non-hydrogen) atoms. The van der Waals surface area contributed by atoms with Crippen molar-refractivity contribution in [2.75, 3.05) is 5.73 Å². The van der Waals surface area contributed by atoms with Gasteiger partial charge in [0.25, 0.3) is 5.91 Å². The van der Waals surface area contributed by atoms with E-state index < -0.39 is 5.91 Å².